The summed E-state index contributed by atoms with van der Waals surface area (Å²) < 4.78 is 28.8. The third kappa shape index (κ3) is 7.14. The summed E-state index contributed by atoms with van der Waals surface area (Å²) in [5, 5.41) is 15.8. The Bertz CT molecular complexity index is 1580. The average Bonchev–Trinajstić information content (AvgIpc) is 3.68. The molecule has 0 aliphatic carbocycles. The van der Waals surface area contributed by atoms with Crippen LogP contribution in [0.5, 0.6) is 0 Å². The fourth-order valence-electron chi connectivity index (χ4n) is 6.86. The molecule has 2 fully saturated rings. The Morgan fingerprint density at radius 3 is 2.63 bits per heavy atom. The van der Waals surface area contributed by atoms with Crippen LogP contribution in [0.2, 0.25) is 0 Å². The van der Waals surface area contributed by atoms with Crippen LogP contribution < -0.4 is 15.5 Å². The zero-order valence-corrected chi connectivity index (χ0v) is 25.9. The number of aryl methyl sites for hydroxylation is 1. The van der Waals surface area contributed by atoms with Crippen LogP contribution in [0, 0.1) is 30.4 Å². The molecule has 3 aromatic rings. The van der Waals surface area contributed by atoms with E-state index in [0.29, 0.717) is 64.1 Å². The molecule has 6 rings (SSSR count). The lowest BCUT2D eigenvalue weighted by Crippen LogP contribution is -2.52. The van der Waals surface area contributed by atoms with Gasteiger partial charge < -0.3 is 30.4 Å². The molecule has 4 heterocycles. The predicted octanol–water partition coefficient (Wildman–Crippen LogP) is 4.20. The summed E-state index contributed by atoms with van der Waals surface area (Å²) in [6.07, 6.45) is 6.83. The first-order chi connectivity index (χ1) is 22.2. The normalized spacial score (nSPS) is 21.8. The van der Waals surface area contributed by atoms with Gasteiger partial charge in [0.2, 0.25) is 5.91 Å². The molecule has 9 nitrogen and oxygen atoms in total. The van der Waals surface area contributed by atoms with E-state index in [2.05, 4.69) is 43.6 Å². The molecule has 0 saturated carbocycles. The zero-order chi connectivity index (χ0) is 32.2. The van der Waals surface area contributed by atoms with Gasteiger partial charge in [0.25, 0.3) is 0 Å². The summed E-state index contributed by atoms with van der Waals surface area (Å²) in [7, 11) is 0. The first-order valence-electron chi connectivity index (χ1n) is 15.9. The van der Waals surface area contributed by atoms with Crippen molar-refractivity contribution in [2.75, 3.05) is 37.6 Å². The molecular formula is C35H40F2N6O3. The summed E-state index contributed by atoms with van der Waals surface area (Å²) in [5.41, 5.74) is 4.54. The molecule has 11 heteroatoms. The molecule has 3 aliphatic rings. The molecule has 2 aromatic carbocycles. The van der Waals surface area contributed by atoms with Crippen molar-refractivity contribution in [3.05, 3.63) is 107 Å². The smallest absolute Gasteiger partial charge is 0.306 e. The number of hydrogen-bond acceptors (Lipinski definition) is 7. The molecule has 242 valence electrons. The fourth-order valence-corrected chi connectivity index (χ4v) is 6.86. The van der Waals surface area contributed by atoms with Gasteiger partial charge in [-0.05, 0) is 60.7 Å². The minimum atomic E-state index is -0.737. The molecule has 1 aromatic heterocycles. The van der Waals surface area contributed by atoms with Crippen molar-refractivity contribution in [1.82, 2.24) is 25.4 Å². The largest absolute Gasteiger partial charge is 0.481 e. The van der Waals surface area contributed by atoms with E-state index in [1.165, 1.54) is 12.1 Å². The third-order valence-corrected chi connectivity index (χ3v) is 9.41. The number of benzene rings is 2. The Morgan fingerprint density at radius 1 is 1.07 bits per heavy atom. The minimum Gasteiger partial charge on any atom is -0.481 e. The number of nitrogens with zero attached hydrogens (tertiary/aromatic N) is 4. The van der Waals surface area contributed by atoms with Gasteiger partial charge in [-0.25, -0.2) is 8.78 Å². The van der Waals surface area contributed by atoms with E-state index in [4.69, 9.17) is 0 Å². The van der Waals surface area contributed by atoms with Gasteiger partial charge in [0.15, 0.2) is 6.29 Å². The van der Waals surface area contributed by atoms with Crippen LogP contribution >= 0.6 is 0 Å². The quantitative estimate of drug-likeness (QED) is 0.307. The molecule has 0 bridgehead atoms. The second-order valence-electron chi connectivity index (χ2n) is 12.5. The number of pyridine rings is 1. The number of hydrogen-bond donors (Lipinski definition) is 3. The van der Waals surface area contributed by atoms with Crippen molar-refractivity contribution in [1.29, 1.82) is 0 Å². The van der Waals surface area contributed by atoms with Gasteiger partial charge in [-0.3, -0.25) is 14.6 Å². The van der Waals surface area contributed by atoms with Crippen LogP contribution in [0.15, 0.2) is 73.2 Å². The molecule has 0 spiro atoms. The van der Waals surface area contributed by atoms with Crippen LogP contribution in [0.3, 0.4) is 0 Å². The molecule has 3 aliphatic heterocycles. The number of anilines is 1. The van der Waals surface area contributed by atoms with Crippen LogP contribution in [0.25, 0.3) is 0 Å². The van der Waals surface area contributed by atoms with Crippen molar-refractivity contribution >= 4 is 17.6 Å². The number of likely N-dealkylation sites (tertiary alicyclic amines) is 1. The molecule has 0 radical (unpaired) electrons. The number of rotatable bonds is 10. The molecule has 46 heavy (non-hydrogen) atoms. The van der Waals surface area contributed by atoms with Gasteiger partial charge in [-0.15, -0.1) is 0 Å². The molecule has 3 N–H and O–H groups in total. The summed E-state index contributed by atoms with van der Waals surface area (Å²) in [6.45, 7) is 5.46. The lowest BCUT2D eigenvalue weighted by atomic mass is 9.88. The van der Waals surface area contributed by atoms with E-state index >= 15 is 4.39 Å². The number of piperidine rings is 1. The monoisotopic (exact) mass is 630 g/mol. The number of carbonyl (C=O) groups is 2. The topological polar surface area (TPSA) is 101 Å². The van der Waals surface area contributed by atoms with E-state index in [1.54, 1.807) is 12.4 Å². The minimum absolute atomic E-state index is 0.208. The number of halogens is 2. The Balaban J connectivity index is 1.15. The number of aliphatic carboxylic acids is 1. The number of carbonyl (C=O) groups excluding carboxylic acids is 1. The summed E-state index contributed by atoms with van der Waals surface area (Å²) in [5.74, 6) is -3.53. The van der Waals surface area contributed by atoms with Crippen LogP contribution in [0.1, 0.15) is 41.1 Å². The highest BCUT2D eigenvalue weighted by atomic mass is 19.1. The molecule has 2 unspecified atom stereocenters. The maximum absolute atomic E-state index is 15.0. The maximum atomic E-state index is 15.0. The number of nitrogens with one attached hydrogen (secondary N) is 2. The van der Waals surface area contributed by atoms with Crippen molar-refractivity contribution in [3.8, 4) is 0 Å². The number of amides is 1. The average molecular weight is 631 g/mol. The van der Waals surface area contributed by atoms with E-state index < -0.39 is 35.7 Å². The van der Waals surface area contributed by atoms with Crippen molar-refractivity contribution in [2.24, 2.45) is 11.8 Å². The molecular weight excluding hydrogens is 590 g/mol. The first-order valence-corrected chi connectivity index (χ1v) is 15.9. The zero-order valence-electron chi connectivity index (χ0n) is 25.9. The Labute approximate surface area is 267 Å². The number of carboxylic acid groups (broad SMARTS) is 1. The number of aromatic nitrogens is 1. The second kappa shape index (κ2) is 13.9. The molecule has 1 amide bonds. The highest BCUT2D eigenvalue weighted by Gasteiger charge is 2.41. The van der Waals surface area contributed by atoms with Gasteiger partial charge in [0.1, 0.15) is 11.6 Å². The van der Waals surface area contributed by atoms with Crippen LogP contribution in [-0.2, 0) is 22.6 Å². The van der Waals surface area contributed by atoms with Gasteiger partial charge in [-0.1, -0.05) is 24.3 Å². The van der Waals surface area contributed by atoms with Gasteiger partial charge >= 0.3 is 5.97 Å². The van der Waals surface area contributed by atoms with Gasteiger partial charge in [0.05, 0.1) is 11.8 Å². The van der Waals surface area contributed by atoms with Crippen molar-refractivity contribution in [3.63, 3.8) is 0 Å². The number of carboxylic acids is 1. The van der Waals surface area contributed by atoms with Gasteiger partial charge in [0, 0.05) is 87.7 Å². The van der Waals surface area contributed by atoms with Gasteiger partial charge in [-0.2, -0.15) is 0 Å². The summed E-state index contributed by atoms with van der Waals surface area (Å²) in [6, 6.07) is 15.6. The molecule has 3 atom stereocenters. The maximum Gasteiger partial charge on any atom is 0.306 e. The Kier molecular flexibility index (Phi) is 9.48. The SMILES string of the molecule is Cc1ccc(CN2C=CNC2NC(=O)C2CN(CCc3ccccn3)C[C@H]2c2ccc(F)cc2F)c(N2CCC(C(=O)O)CC2)c1. The fraction of sp³-hybridized carbons (Fsp3) is 0.400. The van der Waals surface area contributed by atoms with Crippen molar-refractivity contribution in [2.45, 2.75) is 44.9 Å². The van der Waals surface area contributed by atoms with Crippen LogP contribution in [-0.4, -0.2) is 70.8 Å². The van der Waals surface area contributed by atoms with E-state index in [1.807, 2.05) is 36.2 Å². The van der Waals surface area contributed by atoms with Crippen LogP contribution in [0.4, 0.5) is 14.5 Å². The first kappa shape index (κ1) is 31.5. The lowest BCUT2D eigenvalue weighted by Gasteiger charge is -2.35. The highest BCUT2D eigenvalue weighted by Crippen LogP contribution is 2.35. The summed E-state index contributed by atoms with van der Waals surface area (Å²) >= 11 is 0. The Morgan fingerprint density at radius 2 is 1.89 bits per heavy atom. The van der Waals surface area contributed by atoms with Crippen molar-refractivity contribution < 1.29 is 23.5 Å². The van der Waals surface area contributed by atoms with E-state index in [-0.39, 0.29) is 11.8 Å². The van der Waals surface area contributed by atoms with E-state index in [0.717, 1.165) is 28.6 Å². The molecule has 2 saturated heterocycles. The highest BCUT2D eigenvalue weighted by molar-refractivity contribution is 5.81. The third-order valence-electron chi connectivity index (χ3n) is 9.41. The predicted molar refractivity (Wildman–Crippen MR) is 170 cm³/mol. The van der Waals surface area contributed by atoms with E-state index in [9.17, 15) is 19.1 Å². The standard InChI is InChI=1S/C35H40F2N6O3/c1-23-5-6-25(32(18-23)42-15-9-24(10-16-42)34(45)46)20-43-17-13-39-35(43)40-33(44)30-22-41(14-11-27-4-2-3-12-38-27)21-29(30)28-8-7-26(36)19-31(28)37/h2-8,12-13,17-19,24,29-30,35,39H,9-11,14-16,20-22H2,1H3,(H,40,44)(H,45,46)/t29-,30?,35?/m0/s1. The second-order valence-corrected chi connectivity index (χ2v) is 12.5. The lowest BCUT2D eigenvalue weighted by molar-refractivity contribution is -0.142. The summed E-state index contributed by atoms with van der Waals surface area (Å²) in [4.78, 5) is 36.2. The Hall–Kier alpha value is -4.51.